The number of fused-ring (bicyclic) bond motifs is 1. The van der Waals surface area contributed by atoms with Crippen molar-refractivity contribution >= 4 is 28.5 Å². The van der Waals surface area contributed by atoms with E-state index in [1.807, 2.05) is 24.3 Å². The van der Waals surface area contributed by atoms with Crippen molar-refractivity contribution in [1.82, 2.24) is 5.32 Å². The van der Waals surface area contributed by atoms with Crippen molar-refractivity contribution in [3.63, 3.8) is 0 Å². The molecule has 0 atom stereocenters. The molecule has 0 spiro atoms. The van der Waals surface area contributed by atoms with Gasteiger partial charge in [-0.15, -0.1) is 0 Å². The number of hydrogen-bond acceptors (Lipinski definition) is 5. The second-order valence-electron chi connectivity index (χ2n) is 6.60. The molecule has 0 fully saturated rings. The minimum absolute atomic E-state index is 0.0565. The zero-order chi connectivity index (χ0) is 21.0. The minimum Gasteiger partial charge on any atom is -0.493 e. The van der Waals surface area contributed by atoms with E-state index in [1.54, 1.807) is 19.1 Å². The molecule has 0 aliphatic heterocycles. The lowest BCUT2D eigenvalue weighted by Crippen LogP contribution is -2.29. The number of rotatable bonds is 7. The summed E-state index contributed by atoms with van der Waals surface area (Å²) in [5.74, 6) is 0.750. The minimum atomic E-state index is -0.532. The molecule has 0 aliphatic carbocycles. The highest BCUT2D eigenvalue weighted by molar-refractivity contribution is 6.30. The second kappa shape index (κ2) is 9.01. The van der Waals surface area contributed by atoms with Crippen LogP contribution < -0.4 is 20.4 Å². The summed E-state index contributed by atoms with van der Waals surface area (Å²) in [6, 6.07) is 10.8. The molecule has 2 aromatic carbocycles. The average Bonchev–Trinajstić information content (AvgIpc) is 2.71. The standard InChI is InChI=1S/C22H22ClNO5/c1-13-16-10-19(27-2)20(28-3)12-18(16)29-22(26)17(13)11-21(25)24-9-8-14-4-6-15(23)7-5-14/h4-7,10,12H,8-9,11H2,1-3H3,(H,24,25). The first-order valence-corrected chi connectivity index (χ1v) is 9.50. The molecule has 3 aromatic rings. The summed E-state index contributed by atoms with van der Waals surface area (Å²) in [4.78, 5) is 24.8. The van der Waals surface area contributed by atoms with E-state index in [0.717, 1.165) is 5.56 Å². The van der Waals surface area contributed by atoms with E-state index < -0.39 is 5.63 Å². The van der Waals surface area contributed by atoms with E-state index in [1.165, 1.54) is 14.2 Å². The van der Waals surface area contributed by atoms with Crippen molar-refractivity contribution in [2.45, 2.75) is 19.8 Å². The quantitative estimate of drug-likeness (QED) is 0.596. The van der Waals surface area contributed by atoms with Crippen LogP contribution in [0.4, 0.5) is 0 Å². The van der Waals surface area contributed by atoms with Gasteiger partial charge in [0, 0.05) is 23.0 Å². The lowest BCUT2D eigenvalue weighted by Gasteiger charge is -2.12. The highest BCUT2D eigenvalue weighted by Crippen LogP contribution is 2.33. The molecule has 7 heteroatoms. The molecule has 0 unspecified atom stereocenters. The van der Waals surface area contributed by atoms with Gasteiger partial charge in [0.05, 0.1) is 26.2 Å². The number of amides is 1. The third-order valence-electron chi connectivity index (χ3n) is 4.78. The van der Waals surface area contributed by atoms with Crippen LogP contribution in [0.25, 0.3) is 11.0 Å². The van der Waals surface area contributed by atoms with Gasteiger partial charge in [-0.25, -0.2) is 4.79 Å². The highest BCUT2D eigenvalue weighted by Gasteiger charge is 2.17. The SMILES string of the molecule is COc1cc2oc(=O)c(CC(=O)NCCc3ccc(Cl)cc3)c(C)c2cc1OC. The van der Waals surface area contributed by atoms with Crippen LogP contribution in [0.5, 0.6) is 11.5 Å². The first-order chi connectivity index (χ1) is 13.9. The number of carbonyl (C=O) groups excluding carboxylic acids is 1. The van der Waals surface area contributed by atoms with E-state index in [0.29, 0.717) is 51.6 Å². The number of methoxy groups -OCH3 is 2. The number of ether oxygens (including phenoxy) is 2. The molecule has 1 aromatic heterocycles. The highest BCUT2D eigenvalue weighted by atomic mass is 35.5. The molecular formula is C22H22ClNO5. The third kappa shape index (κ3) is 4.71. The maximum absolute atomic E-state index is 12.4. The Morgan fingerprint density at radius 1 is 1.10 bits per heavy atom. The van der Waals surface area contributed by atoms with Crippen LogP contribution in [0.2, 0.25) is 5.02 Å². The fourth-order valence-electron chi connectivity index (χ4n) is 3.14. The fourth-order valence-corrected chi connectivity index (χ4v) is 3.27. The van der Waals surface area contributed by atoms with Gasteiger partial charge in [-0.2, -0.15) is 0 Å². The van der Waals surface area contributed by atoms with Gasteiger partial charge < -0.3 is 19.2 Å². The maximum Gasteiger partial charge on any atom is 0.340 e. The van der Waals surface area contributed by atoms with Crippen LogP contribution in [0.3, 0.4) is 0 Å². The van der Waals surface area contributed by atoms with Gasteiger partial charge in [0.15, 0.2) is 11.5 Å². The number of halogens is 1. The van der Waals surface area contributed by atoms with Crippen LogP contribution in [-0.2, 0) is 17.6 Å². The Balaban J connectivity index is 1.75. The largest absolute Gasteiger partial charge is 0.493 e. The Kier molecular flexibility index (Phi) is 6.44. The van der Waals surface area contributed by atoms with E-state index in [2.05, 4.69) is 5.32 Å². The van der Waals surface area contributed by atoms with Crippen molar-refractivity contribution < 1.29 is 18.7 Å². The van der Waals surface area contributed by atoms with Crippen molar-refractivity contribution in [3.8, 4) is 11.5 Å². The Morgan fingerprint density at radius 3 is 2.41 bits per heavy atom. The first kappa shape index (κ1) is 20.7. The molecule has 3 rings (SSSR count). The van der Waals surface area contributed by atoms with Crippen molar-refractivity contribution in [3.05, 3.63) is 68.5 Å². The number of aryl methyl sites for hydroxylation is 1. The molecule has 1 heterocycles. The lowest BCUT2D eigenvalue weighted by molar-refractivity contribution is -0.120. The van der Waals surface area contributed by atoms with E-state index in [9.17, 15) is 9.59 Å². The van der Waals surface area contributed by atoms with Gasteiger partial charge in [-0.05, 0) is 42.7 Å². The predicted octanol–water partition coefficient (Wildman–Crippen LogP) is 3.67. The fraction of sp³-hybridized carbons (Fsp3) is 0.273. The third-order valence-corrected chi connectivity index (χ3v) is 5.03. The molecule has 0 saturated carbocycles. The van der Waals surface area contributed by atoms with Gasteiger partial charge in [0.25, 0.3) is 0 Å². The Bertz CT molecular complexity index is 1090. The van der Waals surface area contributed by atoms with Crippen LogP contribution in [0.1, 0.15) is 16.7 Å². The van der Waals surface area contributed by atoms with Crippen molar-refractivity contribution in [1.29, 1.82) is 0 Å². The van der Waals surface area contributed by atoms with Crippen LogP contribution in [-0.4, -0.2) is 26.7 Å². The molecule has 0 aliphatic rings. The second-order valence-corrected chi connectivity index (χ2v) is 7.04. The molecule has 1 N–H and O–H groups in total. The monoisotopic (exact) mass is 415 g/mol. The summed E-state index contributed by atoms with van der Waals surface area (Å²) >= 11 is 5.87. The van der Waals surface area contributed by atoms with Gasteiger partial charge in [-0.1, -0.05) is 23.7 Å². The number of hydrogen-bond donors (Lipinski definition) is 1. The summed E-state index contributed by atoms with van der Waals surface area (Å²) in [6.07, 6.45) is 0.615. The van der Waals surface area contributed by atoms with Crippen LogP contribution in [0, 0.1) is 6.92 Å². The van der Waals surface area contributed by atoms with Crippen LogP contribution >= 0.6 is 11.6 Å². The number of benzene rings is 2. The predicted molar refractivity (Wildman–Crippen MR) is 112 cm³/mol. The maximum atomic E-state index is 12.4. The van der Waals surface area contributed by atoms with Gasteiger partial charge in [0.2, 0.25) is 5.91 Å². The molecule has 29 heavy (non-hydrogen) atoms. The zero-order valence-corrected chi connectivity index (χ0v) is 17.3. The van der Waals surface area contributed by atoms with E-state index >= 15 is 0 Å². The normalized spacial score (nSPS) is 10.8. The number of carbonyl (C=O) groups is 1. The van der Waals surface area contributed by atoms with Gasteiger partial charge >= 0.3 is 5.63 Å². The summed E-state index contributed by atoms with van der Waals surface area (Å²) in [5, 5.41) is 4.21. The Labute approximate surface area is 173 Å². The Hall–Kier alpha value is -2.99. The van der Waals surface area contributed by atoms with Gasteiger partial charge in [0.1, 0.15) is 5.58 Å². The molecule has 0 radical (unpaired) electrons. The van der Waals surface area contributed by atoms with E-state index in [4.69, 9.17) is 25.5 Å². The molecular weight excluding hydrogens is 394 g/mol. The number of nitrogens with one attached hydrogen (secondary N) is 1. The topological polar surface area (TPSA) is 77.8 Å². The van der Waals surface area contributed by atoms with Crippen molar-refractivity contribution in [2.75, 3.05) is 20.8 Å². The summed E-state index contributed by atoms with van der Waals surface area (Å²) in [7, 11) is 3.05. The Morgan fingerprint density at radius 2 is 1.76 bits per heavy atom. The summed E-state index contributed by atoms with van der Waals surface area (Å²) in [5.41, 5.74) is 1.93. The summed E-state index contributed by atoms with van der Waals surface area (Å²) in [6.45, 7) is 2.25. The smallest absolute Gasteiger partial charge is 0.340 e. The van der Waals surface area contributed by atoms with Crippen molar-refractivity contribution in [2.24, 2.45) is 0 Å². The molecule has 6 nitrogen and oxygen atoms in total. The first-order valence-electron chi connectivity index (χ1n) is 9.12. The molecule has 0 saturated heterocycles. The average molecular weight is 416 g/mol. The molecule has 152 valence electrons. The lowest BCUT2D eigenvalue weighted by atomic mass is 10.0. The van der Waals surface area contributed by atoms with Crippen LogP contribution in [0.15, 0.2) is 45.6 Å². The molecule has 1 amide bonds. The zero-order valence-electron chi connectivity index (χ0n) is 16.5. The summed E-state index contributed by atoms with van der Waals surface area (Å²) < 4.78 is 16.0. The molecule has 0 bridgehead atoms. The van der Waals surface area contributed by atoms with Gasteiger partial charge in [-0.3, -0.25) is 4.79 Å². The van der Waals surface area contributed by atoms with E-state index in [-0.39, 0.29) is 12.3 Å².